The van der Waals surface area contributed by atoms with Crippen molar-refractivity contribution in [1.82, 2.24) is 5.43 Å². The van der Waals surface area contributed by atoms with Crippen molar-refractivity contribution in [3.63, 3.8) is 0 Å². The third-order valence-corrected chi connectivity index (χ3v) is 3.85. The first-order valence-corrected chi connectivity index (χ1v) is 7.96. The lowest BCUT2D eigenvalue weighted by atomic mass is 10.2. The van der Waals surface area contributed by atoms with Gasteiger partial charge in [0.2, 0.25) is 0 Å². The zero-order chi connectivity index (χ0) is 16.9. The largest absolute Gasteiger partial charge is 0.440 e. The van der Waals surface area contributed by atoms with E-state index in [1.54, 1.807) is 12.1 Å². The zero-order valence-electron chi connectivity index (χ0n) is 13.0. The Morgan fingerprint density at radius 1 is 1.12 bits per heavy atom. The van der Waals surface area contributed by atoms with E-state index in [0.29, 0.717) is 5.76 Å². The average molecular weight is 347 g/mol. The molecule has 1 aliphatic rings. The van der Waals surface area contributed by atoms with Crippen molar-refractivity contribution in [2.24, 2.45) is 10.8 Å². The minimum absolute atomic E-state index is 0.106. The second-order valence-electron chi connectivity index (χ2n) is 5.36. The molecule has 1 aliphatic heterocycles. The summed E-state index contributed by atoms with van der Waals surface area (Å²) < 4.78 is 18.8. The van der Waals surface area contributed by atoms with Crippen LogP contribution in [0.25, 0.3) is 0 Å². The van der Waals surface area contributed by atoms with E-state index in [-0.39, 0.29) is 10.9 Å². The monoisotopic (exact) mass is 347 g/mol. The SMILES string of the molecule is NC(=S)NN=Cc1ccc(N2CCN(c3ccc(F)cc3)CC2)o1. The summed E-state index contributed by atoms with van der Waals surface area (Å²) in [7, 11) is 0. The summed E-state index contributed by atoms with van der Waals surface area (Å²) in [6.07, 6.45) is 1.53. The number of nitrogens with one attached hydrogen (secondary N) is 1. The standard InChI is InChI=1S/C16H18FN5OS/c17-12-1-3-13(4-2-12)21-7-9-22(10-8-21)15-6-5-14(23-15)11-19-20-16(18)24/h1-6,11H,7-10H2,(H3,18,20,24). The van der Waals surface area contributed by atoms with Gasteiger partial charge in [-0.25, -0.2) is 4.39 Å². The molecule has 0 bridgehead atoms. The second-order valence-corrected chi connectivity index (χ2v) is 5.80. The van der Waals surface area contributed by atoms with Crippen LogP contribution in [0, 0.1) is 5.82 Å². The van der Waals surface area contributed by atoms with E-state index >= 15 is 0 Å². The molecule has 3 rings (SSSR count). The van der Waals surface area contributed by atoms with Gasteiger partial charge in [-0.2, -0.15) is 5.10 Å². The smallest absolute Gasteiger partial charge is 0.196 e. The molecule has 126 valence electrons. The van der Waals surface area contributed by atoms with Gasteiger partial charge in [0, 0.05) is 37.9 Å². The Morgan fingerprint density at radius 2 is 1.79 bits per heavy atom. The topological polar surface area (TPSA) is 70.0 Å². The molecule has 8 heteroatoms. The number of nitrogens with two attached hydrogens (primary N) is 1. The number of piperazine rings is 1. The Hall–Kier alpha value is -2.61. The maximum absolute atomic E-state index is 13.0. The van der Waals surface area contributed by atoms with Crippen molar-refractivity contribution in [2.45, 2.75) is 0 Å². The summed E-state index contributed by atoms with van der Waals surface area (Å²) >= 11 is 4.67. The summed E-state index contributed by atoms with van der Waals surface area (Å²) in [5.41, 5.74) is 8.81. The van der Waals surface area contributed by atoms with Crippen LogP contribution in [-0.2, 0) is 0 Å². The highest BCUT2D eigenvalue weighted by Gasteiger charge is 2.19. The first-order valence-electron chi connectivity index (χ1n) is 7.55. The number of nitrogens with zero attached hydrogens (tertiary/aromatic N) is 3. The summed E-state index contributed by atoms with van der Waals surface area (Å²) in [6, 6.07) is 10.3. The maximum atomic E-state index is 13.0. The number of halogens is 1. The number of benzene rings is 1. The van der Waals surface area contributed by atoms with Crippen LogP contribution in [0.3, 0.4) is 0 Å². The average Bonchev–Trinajstić information content (AvgIpc) is 3.04. The van der Waals surface area contributed by atoms with Crippen LogP contribution in [0.15, 0.2) is 45.9 Å². The van der Waals surface area contributed by atoms with Crippen LogP contribution in [0.2, 0.25) is 0 Å². The lowest BCUT2D eigenvalue weighted by molar-refractivity contribution is 0.521. The van der Waals surface area contributed by atoms with Gasteiger partial charge in [0.25, 0.3) is 0 Å². The number of rotatable bonds is 4. The molecule has 1 fully saturated rings. The number of hydrazone groups is 1. The van der Waals surface area contributed by atoms with E-state index in [1.807, 2.05) is 12.1 Å². The fourth-order valence-electron chi connectivity index (χ4n) is 2.58. The predicted octanol–water partition coefficient (Wildman–Crippen LogP) is 1.91. The third kappa shape index (κ3) is 4.02. The molecule has 1 saturated heterocycles. The molecule has 0 amide bonds. The molecule has 1 aromatic carbocycles. The van der Waals surface area contributed by atoms with Crippen LogP contribution < -0.4 is 21.0 Å². The molecule has 0 aliphatic carbocycles. The van der Waals surface area contributed by atoms with Gasteiger partial charge in [-0.05, 0) is 42.5 Å². The van der Waals surface area contributed by atoms with Crippen LogP contribution in [0.1, 0.15) is 5.76 Å². The van der Waals surface area contributed by atoms with Gasteiger partial charge in [0.05, 0.1) is 6.21 Å². The zero-order valence-corrected chi connectivity index (χ0v) is 13.8. The van der Waals surface area contributed by atoms with Gasteiger partial charge in [-0.15, -0.1) is 0 Å². The quantitative estimate of drug-likeness (QED) is 0.500. The lowest BCUT2D eigenvalue weighted by Crippen LogP contribution is -2.46. The fraction of sp³-hybridized carbons (Fsp3) is 0.250. The fourth-order valence-corrected chi connectivity index (χ4v) is 2.63. The van der Waals surface area contributed by atoms with Crippen LogP contribution in [0.5, 0.6) is 0 Å². The van der Waals surface area contributed by atoms with Gasteiger partial charge in [-0.3, -0.25) is 5.43 Å². The van der Waals surface area contributed by atoms with Crippen molar-refractivity contribution >= 4 is 35.1 Å². The van der Waals surface area contributed by atoms with E-state index in [2.05, 4.69) is 32.5 Å². The minimum atomic E-state index is -0.216. The van der Waals surface area contributed by atoms with E-state index in [9.17, 15) is 4.39 Å². The number of furan rings is 1. The Morgan fingerprint density at radius 3 is 2.46 bits per heavy atom. The molecule has 0 unspecified atom stereocenters. The first-order chi connectivity index (χ1) is 11.6. The molecular formula is C16H18FN5OS. The molecular weight excluding hydrogens is 329 g/mol. The van der Waals surface area contributed by atoms with Crippen LogP contribution in [-0.4, -0.2) is 37.5 Å². The highest BCUT2D eigenvalue weighted by Crippen LogP contribution is 2.22. The van der Waals surface area contributed by atoms with Crippen LogP contribution >= 0.6 is 12.2 Å². The van der Waals surface area contributed by atoms with E-state index in [4.69, 9.17) is 10.2 Å². The third-order valence-electron chi connectivity index (χ3n) is 3.76. The normalized spacial score (nSPS) is 15.0. The van der Waals surface area contributed by atoms with Crippen molar-refractivity contribution in [3.05, 3.63) is 48.0 Å². The number of hydrogen-bond donors (Lipinski definition) is 2. The summed E-state index contributed by atoms with van der Waals surface area (Å²) in [6.45, 7) is 3.34. The Balaban J connectivity index is 1.57. The first kappa shape index (κ1) is 16.3. The van der Waals surface area contributed by atoms with Gasteiger partial charge in [0.1, 0.15) is 11.6 Å². The molecule has 0 radical (unpaired) electrons. The summed E-state index contributed by atoms with van der Waals surface area (Å²) in [4.78, 5) is 4.39. The molecule has 2 heterocycles. The van der Waals surface area contributed by atoms with Crippen LogP contribution in [0.4, 0.5) is 16.0 Å². The van der Waals surface area contributed by atoms with Crippen molar-refractivity contribution in [2.75, 3.05) is 36.0 Å². The van der Waals surface area contributed by atoms with Gasteiger partial charge in [0.15, 0.2) is 11.0 Å². The van der Waals surface area contributed by atoms with E-state index < -0.39 is 0 Å². The second kappa shape index (κ2) is 7.31. The molecule has 0 atom stereocenters. The summed E-state index contributed by atoms with van der Waals surface area (Å²) in [5.74, 6) is 1.20. The Kier molecular flexibility index (Phi) is 4.95. The van der Waals surface area contributed by atoms with E-state index in [0.717, 1.165) is 37.8 Å². The number of hydrogen-bond acceptors (Lipinski definition) is 5. The number of thiocarbonyl (C=S) groups is 1. The molecule has 6 nitrogen and oxygen atoms in total. The minimum Gasteiger partial charge on any atom is -0.440 e. The predicted molar refractivity (Wildman–Crippen MR) is 97.0 cm³/mol. The molecule has 2 aromatic rings. The van der Waals surface area contributed by atoms with Crippen molar-refractivity contribution in [3.8, 4) is 0 Å². The highest BCUT2D eigenvalue weighted by atomic mass is 32.1. The van der Waals surface area contributed by atoms with Crippen molar-refractivity contribution < 1.29 is 8.81 Å². The lowest BCUT2D eigenvalue weighted by Gasteiger charge is -2.36. The van der Waals surface area contributed by atoms with Crippen molar-refractivity contribution in [1.29, 1.82) is 0 Å². The highest BCUT2D eigenvalue weighted by molar-refractivity contribution is 7.80. The Labute approximate surface area is 144 Å². The van der Waals surface area contributed by atoms with E-state index in [1.165, 1.54) is 18.3 Å². The van der Waals surface area contributed by atoms with Gasteiger partial charge >= 0.3 is 0 Å². The van der Waals surface area contributed by atoms with Gasteiger partial charge in [-0.1, -0.05) is 0 Å². The molecule has 1 aromatic heterocycles. The maximum Gasteiger partial charge on any atom is 0.196 e. The molecule has 24 heavy (non-hydrogen) atoms. The number of anilines is 2. The van der Waals surface area contributed by atoms with Gasteiger partial charge < -0.3 is 20.0 Å². The Bertz CT molecular complexity index is 722. The molecule has 0 saturated carbocycles. The molecule has 3 N–H and O–H groups in total. The molecule has 0 spiro atoms. The summed E-state index contributed by atoms with van der Waals surface area (Å²) in [5, 5.41) is 3.97.